The lowest BCUT2D eigenvalue weighted by atomic mass is 10.2. The van der Waals surface area contributed by atoms with Crippen LogP contribution in [-0.2, 0) is 0 Å². The molecule has 2 N–H and O–H groups in total. The maximum atomic E-state index is 12.0. The molecule has 0 radical (unpaired) electrons. The summed E-state index contributed by atoms with van der Waals surface area (Å²) < 4.78 is 0. The summed E-state index contributed by atoms with van der Waals surface area (Å²) in [6.45, 7) is 7.68. The van der Waals surface area contributed by atoms with Gasteiger partial charge in [-0.25, -0.2) is 9.97 Å². The summed E-state index contributed by atoms with van der Waals surface area (Å²) in [5.41, 5.74) is 2.75. The third kappa shape index (κ3) is 4.05. The number of hydrogen-bond acceptors (Lipinski definition) is 4. The topological polar surface area (TPSA) is 66.9 Å². The Morgan fingerprint density at radius 1 is 1.32 bits per heavy atom. The van der Waals surface area contributed by atoms with Crippen LogP contribution in [-0.4, -0.2) is 22.4 Å². The molecule has 0 spiro atoms. The van der Waals surface area contributed by atoms with Crippen LogP contribution in [0.4, 0.5) is 11.6 Å². The van der Waals surface area contributed by atoms with Crippen molar-refractivity contribution in [2.45, 2.75) is 13.8 Å². The molecular formula is C16H17ClN4O. The Kier molecular flexibility index (Phi) is 5.12. The summed E-state index contributed by atoms with van der Waals surface area (Å²) in [5.74, 6) is 0.0825. The monoisotopic (exact) mass is 316 g/mol. The van der Waals surface area contributed by atoms with Crippen molar-refractivity contribution >= 4 is 29.1 Å². The van der Waals surface area contributed by atoms with Gasteiger partial charge in [-0.1, -0.05) is 23.7 Å². The lowest BCUT2D eigenvalue weighted by molar-refractivity contribution is 0.0953. The molecule has 2 aromatic rings. The Morgan fingerprint density at radius 2 is 2.09 bits per heavy atom. The van der Waals surface area contributed by atoms with Crippen LogP contribution in [0.5, 0.6) is 0 Å². The first-order chi connectivity index (χ1) is 10.5. The van der Waals surface area contributed by atoms with Crippen LogP contribution >= 0.6 is 11.6 Å². The van der Waals surface area contributed by atoms with Crippen LogP contribution in [0.2, 0.25) is 5.02 Å². The van der Waals surface area contributed by atoms with Crippen LogP contribution in [0.25, 0.3) is 0 Å². The number of nitrogens with zero attached hydrogens (tertiary/aromatic N) is 2. The first kappa shape index (κ1) is 16.0. The molecule has 0 saturated heterocycles. The van der Waals surface area contributed by atoms with E-state index in [1.165, 1.54) is 0 Å². The first-order valence-electron chi connectivity index (χ1n) is 6.77. The average Bonchev–Trinajstić information content (AvgIpc) is 2.48. The lowest BCUT2D eigenvalue weighted by Crippen LogP contribution is -2.24. The van der Waals surface area contributed by atoms with Crippen molar-refractivity contribution in [2.24, 2.45) is 0 Å². The van der Waals surface area contributed by atoms with Gasteiger partial charge in [0.15, 0.2) is 0 Å². The predicted octanol–water partition coefficient (Wildman–Crippen LogP) is 3.41. The Morgan fingerprint density at radius 3 is 2.77 bits per heavy atom. The summed E-state index contributed by atoms with van der Waals surface area (Å²) in [7, 11) is 0. The van der Waals surface area contributed by atoms with Gasteiger partial charge in [-0.2, -0.15) is 0 Å². The van der Waals surface area contributed by atoms with Crippen LogP contribution in [0.3, 0.4) is 0 Å². The third-order valence-electron chi connectivity index (χ3n) is 2.92. The number of anilines is 2. The van der Waals surface area contributed by atoms with Crippen molar-refractivity contribution < 1.29 is 4.79 Å². The van der Waals surface area contributed by atoms with E-state index in [1.54, 1.807) is 25.1 Å². The number of halogens is 1. The van der Waals surface area contributed by atoms with Gasteiger partial charge in [0.2, 0.25) is 5.95 Å². The zero-order valence-electron chi connectivity index (χ0n) is 12.5. The van der Waals surface area contributed by atoms with Gasteiger partial charge in [0.05, 0.1) is 0 Å². The highest BCUT2D eigenvalue weighted by molar-refractivity contribution is 6.31. The maximum Gasteiger partial charge on any atom is 0.270 e. The Labute approximate surface area is 134 Å². The molecule has 0 unspecified atom stereocenters. The Hall–Kier alpha value is -2.40. The van der Waals surface area contributed by atoms with E-state index in [0.29, 0.717) is 28.9 Å². The molecular weight excluding hydrogens is 300 g/mol. The average molecular weight is 317 g/mol. The summed E-state index contributed by atoms with van der Waals surface area (Å²) in [6, 6.07) is 7.20. The highest BCUT2D eigenvalue weighted by Crippen LogP contribution is 2.22. The summed E-state index contributed by atoms with van der Waals surface area (Å²) in [4.78, 5) is 20.5. The standard InChI is InChI=1S/C16H17ClN4O/c1-4-7-18-15(22)14-8-11(3)19-16(21-14)20-12-6-5-10(2)13(17)9-12/h4-6,8-9H,1,7H2,2-3H3,(H,18,22)(H,19,20,21). The SMILES string of the molecule is C=CCNC(=O)c1cc(C)nc(Nc2ccc(C)c(Cl)c2)n1. The number of rotatable bonds is 5. The summed E-state index contributed by atoms with van der Waals surface area (Å²) >= 11 is 6.10. The van der Waals surface area contributed by atoms with E-state index in [2.05, 4.69) is 27.2 Å². The van der Waals surface area contributed by atoms with Gasteiger partial charge in [-0.05, 0) is 37.6 Å². The molecule has 0 saturated carbocycles. The molecule has 0 aliphatic heterocycles. The van der Waals surface area contributed by atoms with Crippen molar-refractivity contribution in [1.82, 2.24) is 15.3 Å². The molecule has 0 fully saturated rings. The van der Waals surface area contributed by atoms with E-state index < -0.39 is 0 Å². The minimum atomic E-state index is -0.268. The minimum absolute atomic E-state index is 0.268. The number of carbonyl (C=O) groups excluding carboxylic acids is 1. The highest BCUT2D eigenvalue weighted by atomic mass is 35.5. The molecule has 0 atom stereocenters. The molecule has 1 aromatic carbocycles. The van der Waals surface area contributed by atoms with E-state index in [0.717, 1.165) is 11.3 Å². The molecule has 1 heterocycles. The van der Waals surface area contributed by atoms with Crippen molar-refractivity contribution in [1.29, 1.82) is 0 Å². The number of amides is 1. The fourth-order valence-electron chi connectivity index (χ4n) is 1.80. The molecule has 6 heteroatoms. The number of aryl methyl sites for hydroxylation is 2. The molecule has 1 aromatic heterocycles. The number of hydrogen-bond donors (Lipinski definition) is 2. The van der Waals surface area contributed by atoms with Crippen LogP contribution in [0.15, 0.2) is 36.9 Å². The summed E-state index contributed by atoms with van der Waals surface area (Å²) in [6.07, 6.45) is 1.61. The fraction of sp³-hybridized carbons (Fsp3) is 0.188. The molecule has 0 bridgehead atoms. The van der Waals surface area contributed by atoms with Crippen LogP contribution in [0.1, 0.15) is 21.7 Å². The molecule has 1 amide bonds. The van der Waals surface area contributed by atoms with Gasteiger partial charge >= 0.3 is 0 Å². The van der Waals surface area contributed by atoms with Crippen LogP contribution < -0.4 is 10.6 Å². The maximum absolute atomic E-state index is 12.0. The quantitative estimate of drug-likeness (QED) is 0.830. The second-order valence-electron chi connectivity index (χ2n) is 4.81. The molecule has 0 aliphatic carbocycles. The van der Waals surface area contributed by atoms with Gasteiger partial charge < -0.3 is 10.6 Å². The number of carbonyl (C=O) groups is 1. The second-order valence-corrected chi connectivity index (χ2v) is 5.21. The van der Waals surface area contributed by atoms with Gasteiger partial charge in [-0.15, -0.1) is 6.58 Å². The smallest absolute Gasteiger partial charge is 0.270 e. The zero-order chi connectivity index (χ0) is 16.1. The van der Waals surface area contributed by atoms with Gasteiger partial charge in [0.25, 0.3) is 5.91 Å². The number of benzene rings is 1. The van der Waals surface area contributed by atoms with Crippen molar-refractivity contribution in [3.8, 4) is 0 Å². The van der Waals surface area contributed by atoms with Gasteiger partial charge in [0.1, 0.15) is 5.69 Å². The van der Waals surface area contributed by atoms with Crippen molar-refractivity contribution in [3.05, 3.63) is 58.9 Å². The van der Waals surface area contributed by atoms with E-state index in [4.69, 9.17) is 11.6 Å². The van der Waals surface area contributed by atoms with Crippen molar-refractivity contribution in [2.75, 3.05) is 11.9 Å². The normalized spacial score (nSPS) is 10.1. The van der Waals surface area contributed by atoms with Crippen LogP contribution in [0, 0.1) is 13.8 Å². The van der Waals surface area contributed by atoms with E-state index in [9.17, 15) is 4.79 Å². The minimum Gasteiger partial charge on any atom is -0.347 e. The fourth-order valence-corrected chi connectivity index (χ4v) is 1.98. The van der Waals surface area contributed by atoms with Crippen molar-refractivity contribution in [3.63, 3.8) is 0 Å². The molecule has 2 rings (SSSR count). The largest absolute Gasteiger partial charge is 0.347 e. The molecule has 0 aliphatic rings. The molecule has 22 heavy (non-hydrogen) atoms. The molecule has 114 valence electrons. The van der Waals surface area contributed by atoms with E-state index in [-0.39, 0.29) is 5.91 Å². The zero-order valence-corrected chi connectivity index (χ0v) is 13.2. The number of aromatic nitrogens is 2. The first-order valence-corrected chi connectivity index (χ1v) is 7.15. The Bertz CT molecular complexity index is 715. The van der Waals surface area contributed by atoms with Gasteiger partial charge in [-0.3, -0.25) is 4.79 Å². The molecule has 5 nitrogen and oxygen atoms in total. The summed E-state index contributed by atoms with van der Waals surface area (Å²) in [5, 5.41) is 6.40. The third-order valence-corrected chi connectivity index (χ3v) is 3.33. The second kappa shape index (κ2) is 7.04. The van der Waals surface area contributed by atoms with E-state index >= 15 is 0 Å². The lowest BCUT2D eigenvalue weighted by Gasteiger charge is -2.09. The predicted molar refractivity (Wildman–Crippen MR) is 88.8 cm³/mol. The highest BCUT2D eigenvalue weighted by Gasteiger charge is 2.10. The Balaban J connectivity index is 2.23. The van der Waals surface area contributed by atoms with Gasteiger partial charge in [0, 0.05) is 22.9 Å². The van der Waals surface area contributed by atoms with E-state index in [1.807, 2.05) is 19.1 Å². The number of nitrogens with one attached hydrogen (secondary N) is 2.